The van der Waals surface area contributed by atoms with E-state index >= 15 is 0 Å². The van der Waals surface area contributed by atoms with E-state index in [2.05, 4.69) is 10.1 Å². The summed E-state index contributed by atoms with van der Waals surface area (Å²) in [7, 11) is 1.59. The minimum atomic E-state index is -4.86. The third kappa shape index (κ3) is 8.18. The van der Waals surface area contributed by atoms with Crippen molar-refractivity contribution in [3.05, 3.63) is 112 Å². The number of benzene rings is 3. The lowest BCUT2D eigenvalue weighted by Crippen LogP contribution is -2.31. The minimum absolute atomic E-state index is 0.0589. The summed E-state index contributed by atoms with van der Waals surface area (Å²) in [6.07, 6.45) is -3.89. The molecule has 0 amide bonds. The van der Waals surface area contributed by atoms with Crippen LogP contribution in [0.25, 0.3) is 0 Å². The number of carbonyl (C=O) groups is 2. The molecule has 0 saturated carbocycles. The molecule has 3 aromatic rings. The number of aryl methyl sites for hydroxylation is 1. The van der Waals surface area contributed by atoms with Crippen LogP contribution >= 0.6 is 0 Å². The summed E-state index contributed by atoms with van der Waals surface area (Å²) in [5.74, 6) is -0.215. The molecule has 7 nitrogen and oxygen atoms in total. The number of allylic oxidation sites excluding steroid dienone is 3. The smallest absolute Gasteiger partial charge is 0.508 e. The van der Waals surface area contributed by atoms with Crippen LogP contribution in [0, 0.1) is 6.92 Å². The number of Topliss-reactive ketones (excluding diaryl/α,β-unsaturated/α-hetero) is 1. The molecule has 0 bridgehead atoms. The van der Waals surface area contributed by atoms with Crippen molar-refractivity contribution in [2.45, 2.75) is 52.0 Å². The summed E-state index contributed by atoms with van der Waals surface area (Å²) in [5.41, 5.74) is 4.20. The normalized spacial score (nSPS) is 16.4. The Labute approximate surface area is 247 Å². The predicted molar refractivity (Wildman–Crippen MR) is 153 cm³/mol. The molecule has 0 spiro atoms. The average molecular weight is 596 g/mol. The molecule has 0 unspecified atom stereocenters. The fourth-order valence-electron chi connectivity index (χ4n) is 5.05. The van der Waals surface area contributed by atoms with Crippen molar-refractivity contribution in [2.75, 3.05) is 7.11 Å². The molecule has 3 aromatic carbocycles. The summed E-state index contributed by atoms with van der Waals surface area (Å²) < 4.78 is 52.7. The Hall–Kier alpha value is -4.73. The molecule has 43 heavy (non-hydrogen) atoms. The van der Waals surface area contributed by atoms with Crippen LogP contribution in [0.15, 0.2) is 95.3 Å². The molecule has 226 valence electrons. The first-order chi connectivity index (χ1) is 20.4. The zero-order valence-electron chi connectivity index (χ0n) is 24.0. The van der Waals surface area contributed by atoms with Gasteiger partial charge in [-0.2, -0.15) is 0 Å². The lowest BCUT2D eigenvalue weighted by molar-refractivity contribution is -0.275. The van der Waals surface area contributed by atoms with Crippen molar-refractivity contribution in [2.24, 2.45) is 0 Å². The van der Waals surface area contributed by atoms with Crippen molar-refractivity contribution in [1.29, 1.82) is 0 Å². The summed E-state index contributed by atoms with van der Waals surface area (Å²) >= 11 is 0. The van der Waals surface area contributed by atoms with Gasteiger partial charge in [0, 0.05) is 41.3 Å². The highest BCUT2D eigenvalue weighted by Gasteiger charge is 2.35. The van der Waals surface area contributed by atoms with Crippen LogP contribution in [0.2, 0.25) is 0 Å². The van der Waals surface area contributed by atoms with Gasteiger partial charge in [-0.05, 0) is 55.7 Å². The Morgan fingerprint density at radius 2 is 1.67 bits per heavy atom. The fraction of sp³-hybridized carbons (Fsp3) is 0.273. The molecule has 1 heterocycles. The molecule has 1 aliphatic carbocycles. The number of carbonyl (C=O) groups excluding carboxylic acids is 2. The third-order valence-corrected chi connectivity index (χ3v) is 7.11. The maximum atomic E-state index is 13.0. The second kappa shape index (κ2) is 13.5. The van der Waals surface area contributed by atoms with Gasteiger partial charge in [-0.1, -0.05) is 48.5 Å². The Balaban J connectivity index is 0.000000458. The van der Waals surface area contributed by atoms with Crippen LogP contribution in [-0.2, 0) is 20.9 Å². The van der Waals surface area contributed by atoms with Crippen LogP contribution in [0.4, 0.5) is 13.2 Å². The topological polar surface area (TPSA) is 94.1 Å². The molecule has 2 aliphatic rings. The SMILES string of the molecule is COc1ccccc1[C@H]1CC(=O)C2=C(C1)NC(C)=C(C(=O)OCc1ccccc1OC(F)(F)F)C2.Cc1cccc(O)c1. The number of methoxy groups -OCH3 is 1. The van der Waals surface area contributed by atoms with E-state index in [4.69, 9.17) is 14.6 Å². The molecule has 0 radical (unpaired) electrons. The van der Waals surface area contributed by atoms with Gasteiger partial charge in [-0.3, -0.25) is 4.79 Å². The number of ketones is 1. The van der Waals surface area contributed by atoms with Gasteiger partial charge in [-0.25, -0.2) is 4.79 Å². The van der Waals surface area contributed by atoms with Gasteiger partial charge < -0.3 is 24.6 Å². The minimum Gasteiger partial charge on any atom is -0.508 e. The summed E-state index contributed by atoms with van der Waals surface area (Å²) in [5, 5.41) is 12.0. The molecule has 5 rings (SSSR count). The number of para-hydroxylation sites is 2. The highest BCUT2D eigenvalue weighted by atomic mass is 19.4. The highest BCUT2D eigenvalue weighted by molar-refractivity contribution is 6.01. The standard InChI is InChI=1S/C26H24F3NO5.C7H8O/c1-15-19(25(32)34-14-16-7-3-5-9-23(16)35-26(27,28)29)13-20-21(30-15)11-17(12-22(20)31)18-8-4-6-10-24(18)33-2;1-6-3-2-4-7(8)5-6/h3-10,17,30H,11-14H2,1-2H3;2-5,8H,1H3/t17-;/m1./s1. The van der Waals surface area contributed by atoms with Crippen LogP contribution in [0.1, 0.15) is 48.8 Å². The van der Waals surface area contributed by atoms with E-state index in [1.807, 2.05) is 43.3 Å². The molecular formula is C33H32F3NO6. The zero-order valence-corrected chi connectivity index (χ0v) is 24.0. The van der Waals surface area contributed by atoms with Crippen molar-refractivity contribution in [3.63, 3.8) is 0 Å². The number of ether oxygens (including phenoxy) is 3. The van der Waals surface area contributed by atoms with Gasteiger partial charge >= 0.3 is 12.3 Å². The predicted octanol–water partition coefficient (Wildman–Crippen LogP) is 7.01. The van der Waals surface area contributed by atoms with Gasteiger partial charge in [0.1, 0.15) is 23.9 Å². The van der Waals surface area contributed by atoms with Gasteiger partial charge in [0.05, 0.1) is 12.7 Å². The second-order valence-corrected chi connectivity index (χ2v) is 10.2. The van der Waals surface area contributed by atoms with E-state index in [9.17, 15) is 22.8 Å². The number of hydrogen-bond donors (Lipinski definition) is 2. The van der Waals surface area contributed by atoms with Crippen LogP contribution in [0.5, 0.6) is 17.2 Å². The van der Waals surface area contributed by atoms with Crippen molar-refractivity contribution in [3.8, 4) is 17.2 Å². The van der Waals surface area contributed by atoms with E-state index in [-0.39, 0.29) is 35.7 Å². The average Bonchev–Trinajstić information content (AvgIpc) is 2.95. The molecule has 1 aliphatic heterocycles. The van der Waals surface area contributed by atoms with Crippen molar-refractivity contribution >= 4 is 11.8 Å². The first-order valence-electron chi connectivity index (χ1n) is 13.6. The van der Waals surface area contributed by atoms with E-state index in [1.165, 1.54) is 18.2 Å². The maximum absolute atomic E-state index is 13.0. The lowest BCUT2D eigenvalue weighted by atomic mass is 9.78. The first-order valence-corrected chi connectivity index (χ1v) is 13.6. The first kappa shape index (κ1) is 31.2. The number of halogens is 3. The number of aromatic hydroxyl groups is 1. The number of phenolic OH excluding ortho intramolecular Hbond substituents is 1. The quantitative estimate of drug-likeness (QED) is 0.296. The van der Waals surface area contributed by atoms with Gasteiger partial charge in [0.25, 0.3) is 0 Å². The van der Waals surface area contributed by atoms with Crippen molar-refractivity contribution < 1.29 is 42.1 Å². The molecule has 0 aromatic heterocycles. The van der Waals surface area contributed by atoms with E-state index in [0.29, 0.717) is 23.4 Å². The molecule has 10 heteroatoms. The van der Waals surface area contributed by atoms with Gasteiger partial charge in [0.2, 0.25) is 0 Å². The molecule has 1 atom stereocenters. The third-order valence-electron chi connectivity index (χ3n) is 7.11. The summed E-state index contributed by atoms with van der Waals surface area (Å²) in [6, 6.07) is 20.2. The monoisotopic (exact) mass is 595 g/mol. The number of dihydropyridines is 1. The van der Waals surface area contributed by atoms with Crippen LogP contribution in [0.3, 0.4) is 0 Å². The Morgan fingerprint density at radius 3 is 2.33 bits per heavy atom. The van der Waals surface area contributed by atoms with E-state index in [0.717, 1.165) is 28.6 Å². The number of hydrogen-bond acceptors (Lipinski definition) is 7. The molecule has 0 saturated heterocycles. The Kier molecular flexibility index (Phi) is 9.80. The number of rotatable bonds is 6. The van der Waals surface area contributed by atoms with Gasteiger partial charge in [-0.15, -0.1) is 13.2 Å². The fourth-order valence-corrected chi connectivity index (χ4v) is 5.05. The van der Waals surface area contributed by atoms with E-state index in [1.54, 1.807) is 26.2 Å². The Morgan fingerprint density at radius 1 is 0.977 bits per heavy atom. The second-order valence-electron chi connectivity index (χ2n) is 10.2. The number of phenols is 1. The zero-order chi connectivity index (χ0) is 31.1. The summed E-state index contributed by atoms with van der Waals surface area (Å²) in [6.45, 7) is 3.25. The number of nitrogens with one attached hydrogen (secondary N) is 1. The van der Waals surface area contributed by atoms with Crippen molar-refractivity contribution in [1.82, 2.24) is 5.32 Å². The van der Waals surface area contributed by atoms with Gasteiger partial charge in [0.15, 0.2) is 5.78 Å². The van der Waals surface area contributed by atoms with Crippen LogP contribution in [-0.4, -0.2) is 30.3 Å². The highest BCUT2D eigenvalue weighted by Crippen LogP contribution is 2.41. The molecule has 0 fully saturated rings. The maximum Gasteiger partial charge on any atom is 0.573 e. The number of esters is 1. The summed E-state index contributed by atoms with van der Waals surface area (Å²) in [4.78, 5) is 25.8. The molecular weight excluding hydrogens is 563 g/mol. The largest absolute Gasteiger partial charge is 0.573 e. The van der Waals surface area contributed by atoms with E-state index < -0.39 is 24.7 Å². The van der Waals surface area contributed by atoms with Crippen LogP contribution < -0.4 is 14.8 Å². The lowest BCUT2D eigenvalue weighted by Gasteiger charge is -2.32. The number of alkyl halides is 3. The molecule has 2 N–H and O–H groups in total. The Bertz CT molecular complexity index is 1540.